The number of nitriles is 1. The topological polar surface area (TPSA) is 78.8 Å². The Bertz CT molecular complexity index is 671. The van der Waals surface area contributed by atoms with Crippen LogP contribution in [0.2, 0.25) is 0 Å². The first-order valence-corrected chi connectivity index (χ1v) is 6.47. The number of piperidine rings is 1. The quantitative estimate of drug-likeness (QED) is 0.847. The van der Waals surface area contributed by atoms with E-state index >= 15 is 0 Å². The average Bonchev–Trinajstić information content (AvgIpc) is 2.45. The minimum atomic E-state index is -0.943. The average molecular weight is 271 g/mol. The molecule has 2 aromatic rings. The van der Waals surface area contributed by atoms with E-state index in [0.29, 0.717) is 36.1 Å². The number of aromatic nitrogens is 2. The highest BCUT2D eigenvalue weighted by Crippen LogP contribution is 2.28. The number of alkyl halides is 1. The Morgan fingerprint density at radius 2 is 2.00 bits per heavy atom. The van der Waals surface area contributed by atoms with Crippen LogP contribution in [0.3, 0.4) is 0 Å². The number of anilines is 1. The van der Waals surface area contributed by atoms with E-state index in [2.05, 4.69) is 16.0 Å². The number of fused-ring (bicyclic) bond motifs is 1. The highest BCUT2D eigenvalue weighted by atomic mass is 19.1. The number of nitrogens with two attached hydrogens (primary N) is 1. The fraction of sp³-hybridized carbons (Fsp3) is 0.357. The van der Waals surface area contributed by atoms with Crippen LogP contribution in [0.25, 0.3) is 11.0 Å². The molecule has 0 amide bonds. The van der Waals surface area contributed by atoms with Crippen molar-refractivity contribution in [3.05, 3.63) is 30.1 Å². The summed E-state index contributed by atoms with van der Waals surface area (Å²) in [5, 5.41) is 9.11. The van der Waals surface area contributed by atoms with E-state index in [9.17, 15) is 4.39 Å². The molecule has 0 bridgehead atoms. The van der Waals surface area contributed by atoms with Gasteiger partial charge in [-0.15, -0.1) is 0 Å². The van der Waals surface area contributed by atoms with Gasteiger partial charge in [-0.2, -0.15) is 5.26 Å². The Hall–Kier alpha value is -2.26. The largest absolute Gasteiger partial charge is 0.365 e. The highest BCUT2D eigenvalue weighted by Gasteiger charge is 2.26. The molecule has 1 saturated heterocycles. The van der Waals surface area contributed by atoms with Gasteiger partial charge in [-0.3, -0.25) is 9.97 Å². The molecule has 1 aromatic heterocycles. The van der Waals surface area contributed by atoms with E-state index in [0.717, 1.165) is 5.69 Å². The second-order valence-electron chi connectivity index (χ2n) is 5.00. The van der Waals surface area contributed by atoms with Gasteiger partial charge in [0.05, 0.1) is 11.3 Å². The Balaban J connectivity index is 2.11. The van der Waals surface area contributed by atoms with Crippen LogP contribution in [0.1, 0.15) is 12.0 Å². The normalized spacial score (nSPS) is 22.8. The molecule has 2 atom stereocenters. The van der Waals surface area contributed by atoms with Gasteiger partial charge in [0.1, 0.15) is 23.3 Å². The molecule has 1 fully saturated rings. The number of halogens is 1. The molecule has 3 rings (SSSR count). The van der Waals surface area contributed by atoms with Crippen LogP contribution in [0.5, 0.6) is 0 Å². The fourth-order valence-corrected chi connectivity index (χ4v) is 2.66. The number of benzene rings is 1. The van der Waals surface area contributed by atoms with Crippen LogP contribution >= 0.6 is 0 Å². The predicted molar refractivity (Wildman–Crippen MR) is 74.0 cm³/mol. The van der Waals surface area contributed by atoms with E-state index < -0.39 is 6.17 Å². The van der Waals surface area contributed by atoms with Gasteiger partial charge in [-0.05, 0) is 18.6 Å². The molecule has 0 unspecified atom stereocenters. The molecular formula is C14H14FN5. The summed E-state index contributed by atoms with van der Waals surface area (Å²) in [5.41, 5.74) is 8.29. The lowest BCUT2D eigenvalue weighted by molar-refractivity contribution is 0.269. The summed E-state index contributed by atoms with van der Waals surface area (Å²) in [5.74, 6) is 0. The SMILES string of the molecule is N#Cc1ccc(N2C[C@@H](N)C[C@@H](F)C2)c2nccnc12. The van der Waals surface area contributed by atoms with Crippen molar-refractivity contribution in [3.8, 4) is 6.07 Å². The van der Waals surface area contributed by atoms with Crippen molar-refractivity contribution in [3.63, 3.8) is 0 Å². The molecule has 1 aromatic carbocycles. The van der Waals surface area contributed by atoms with Crippen molar-refractivity contribution in [2.45, 2.75) is 18.6 Å². The summed E-state index contributed by atoms with van der Waals surface area (Å²) in [6.07, 6.45) is 2.56. The zero-order valence-electron chi connectivity index (χ0n) is 10.8. The van der Waals surface area contributed by atoms with E-state index in [1.807, 2.05) is 4.90 Å². The number of rotatable bonds is 1. The van der Waals surface area contributed by atoms with Crippen molar-refractivity contribution in [1.82, 2.24) is 9.97 Å². The third-order valence-electron chi connectivity index (χ3n) is 3.50. The maximum atomic E-state index is 13.7. The minimum Gasteiger partial charge on any atom is -0.365 e. The Morgan fingerprint density at radius 1 is 1.25 bits per heavy atom. The first kappa shape index (κ1) is 12.8. The first-order chi connectivity index (χ1) is 9.69. The van der Waals surface area contributed by atoms with Gasteiger partial charge in [-0.25, -0.2) is 4.39 Å². The van der Waals surface area contributed by atoms with Crippen LogP contribution in [-0.4, -0.2) is 35.3 Å². The molecule has 0 radical (unpaired) electrons. The van der Waals surface area contributed by atoms with Crippen molar-refractivity contribution >= 4 is 16.7 Å². The molecular weight excluding hydrogens is 257 g/mol. The maximum Gasteiger partial charge on any atom is 0.119 e. The van der Waals surface area contributed by atoms with Crippen LogP contribution < -0.4 is 10.6 Å². The Labute approximate surface area is 115 Å². The van der Waals surface area contributed by atoms with Gasteiger partial charge < -0.3 is 10.6 Å². The molecule has 1 aliphatic heterocycles. The van der Waals surface area contributed by atoms with Crippen LogP contribution in [-0.2, 0) is 0 Å². The Morgan fingerprint density at radius 3 is 2.70 bits per heavy atom. The molecule has 2 heterocycles. The van der Waals surface area contributed by atoms with E-state index in [1.165, 1.54) is 0 Å². The lowest BCUT2D eigenvalue weighted by Crippen LogP contribution is -2.48. The van der Waals surface area contributed by atoms with Gasteiger partial charge >= 0.3 is 0 Å². The maximum absolute atomic E-state index is 13.7. The highest BCUT2D eigenvalue weighted by molar-refractivity contribution is 5.92. The molecule has 5 nitrogen and oxygen atoms in total. The zero-order valence-corrected chi connectivity index (χ0v) is 10.8. The molecule has 102 valence electrons. The monoisotopic (exact) mass is 271 g/mol. The summed E-state index contributed by atoms with van der Waals surface area (Å²) < 4.78 is 13.7. The van der Waals surface area contributed by atoms with Gasteiger partial charge in [0.25, 0.3) is 0 Å². The Kier molecular flexibility index (Phi) is 3.20. The minimum absolute atomic E-state index is 0.193. The van der Waals surface area contributed by atoms with Gasteiger partial charge in [-0.1, -0.05) is 0 Å². The van der Waals surface area contributed by atoms with Crippen molar-refractivity contribution < 1.29 is 4.39 Å². The summed E-state index contributed by atoms with van der Waals surface area (Å²) in [7, 11) is 0. The molecule has 0 saturated carbocycles. The van der Waals surface area contributed by atoms with Crippen molar-refractivity contribution in [1.29, 1.82) is 5.26 Å². The second kappa shape index (κ2) is 5.02. The van der Waals surface area contributed by atoms with Gasteiger partial charge in [0, 0.05) is 31.5 Å². The van der Waals surface area contributed by atoms with E-state index in [1.54, 1.807) is 24.5 Å². The molecule has 2 N–H and O–H groups in total. The third-order valence-corrected chi connectivity index (χ3v) is 3.50. The summed E-state index contributed by atoms with van der Waals surface area (Å²) in [4.78, 5) is 10.4. The van der Waals surface area contributed by atoms with Crippen LogP contribution in [0.15, 0.2) is 24.5 Å². The number of nitrogens with zero attached hydrogens (tertiary/aromatic N) is 4. The number of hydrogen-bond acceptors (Lipinski definition) is 5. The second-order valence-corrected chi connectivity index (χ2v) is 5.00. The van der Waals surface area contributed by atoms with Crippen LogP contribution in [0.4, 0.5) is 10.1 Å². The van der Waals surface area contributed by atoms with E-state index in [-0.39, 0.29) is 6.04 Å². The van der Waals surface area contributed by atoms with Crippen LogP contribution in [0, 0.1) is 11.3 Å². The fourth-order valence-electron chi connectivity index (χ4n) is 2.66. The molecule has 1 aliphatic rings. The summed E-state index contributed by atoms with van der Waals surface area (Å²) in [6, 6.07) is 5.39. The number of hydrogen-bond donors (Lipinski definition) is 1. The first-order valence-electron chi connectivity index (χ1n) is 6.47. The summed E-state index contributed by atoms with van der Waals surface area (Å²) in [6.45, 7) is 0.878. The molecule has 20 heavy (non-hydrogen) atoms. The standard InChI is InChI=1S/C14H14FN5/c15-10-5-11(17)8-20(7-10)12-2-1-9(6-16)13-14(12)19-4-3-18-13/h1-4,10-11H,5,7-8,17H2/t10-,11+/m1/s1. The smallest absolute Gasteiger partial charge is 0.119 e. The predicted octanol–water partition coefficient (Wildman–Crippen LogP) is 1.38. The molecule has 0 aliphatic carbocycles. The third kappa shape index (κ3) is 2.17. The van der Waals surface area contributed by atoms with Gasteiger partial charge in [0.2, 0.25) is 0 Å². The summed E-state index contributed by atoms with van der Waals surface area (Å²) >= 11 is 0. The lowest BCUT2D eigenvalue weighted by atomic mass is 10.0. The van der Waals surface area contributed by atoms with Gasteiger partial charge in [0.15, 0.2) is 0 Å². The van der Waals surface area contributed by atoms with Crippen molar-refractivity contribution in [2.24, 2.45) is 5.73 Å². The molecule has 6 heteroatoms. The zero-order chi connectivity index (χ0) is 14.1. The molecule has 0 spiro atoms. The van der Waals surface area contributed by atoms with Crippen molar-refractivity contribution in [2.75, 3.05) is 18.0 Å². The van der Waals surface area contributed by atoms with E-state index in [4.69, 9.17) is 11.0 Å². The lowest BCUT2D eigenvalue weighted by Gasteiger charge is -2.34.